The molecule has 1 heterocycles. The molecule has 0 aliphatic heterocycles. The van der Waals surface area contributed by atoms with Gasteiger partial charge in [0, 0.05) is 18.3 Å². The van der Waals surface area contributed by atoms with Crippen molar-refractivity contribution in [3.63, 3.8) is 0 Å². The van der Waals surface area contributed by atoms with Gasteiger partial charge >= 0.3 is 6.09 Å². The fraction of sp³-hybridized carbons (Fsp3) is 0.214. The van der Waals surface area contributed by atoms with E-state index in [0.717, 1.165) is 4.70 Å². The molecule has 0 saturated heterocycles. The average molecular weight is 320 g/mol. The Bertz CT molecular complexity index is 724. The fourth-order valence-electron chi connectivity index (χ4n) is 1.67. The van der Waals surface area contributed by atoms with Gasteiger partial charge in [0.2, 0.25) is 5.91 Å². The zero-order chi connectivity index (χ0) is 16.1. The first-order valence-corrected chi connectivity index (χ1v) is 7.26. The molecule has 2 amide bonds. The summed E-state index contributed by atoms with van der Waals surface area (Å²) in [7, 11) is 3.84. The summed E-state index contributed by atoms with van der Waals surface area (Å²) in [6.45, 7) is 0.690. The van der Waals surface area contributed by atoms with Gasteiger partial charge in [0.15, 0.2) is 0 Å². The van der Waals surface area contributed by atoms with Crippen LogP contribution in [0.2, 0.25) is 0 Å². The minimum atomic E-state index is -0.904. The maximum Gasteiger partial charge on any atom is 0.411 e. The molecule has 0 aliphatic rings. The van der Waals surface area contributed by atoms with Crippen molar-refractivity contribution >= 4 is 39.2 Å². The second-order valence-corrected chi connectivity index (χ2v) is 5.73. The first-order chi connectivity index (χ1) is 10.4. The molecule has 0 aliphatic carbocycles. The number of aromatic nitrogens is 1. The van der Waals surface area contributed by atoms with Crippen LogP contribution in [0.25, 0.3) is 10.2 Å². The molecular weight excluding hydrogens is 304 g/mol. The van der Waals surface area contributed by atoms with E-state index in [1.165, 1.54) is 17.4 Å². The lowest BCUT2D eigenvalue weighted by Crippen LogP contribution is -2.15. The van der Waals surface area contributed by atoms with E-state index in [1.807, 2.05) is 19.0 Å². The number of hydrogen-bond donors (Lipinski definition) is 2. The minimum Gasteiger partial charge on any atom is -0.381 e. The van der Waals surface area contributed by atoms with Crippen LogP contribution in [0.5, 0.6) is 5.19 Å². The summed E-state index contributed by atoms with van der Waals surface area (Å²) in [6.07, 6.45) is 2.36. The predicted molar refractivity (Wildman–Crippen MR) is 86.2 cm³/mol. The Labute approximate surface area is 131 Å². The van der Waals surface area contributed by atoms with Gasteiger partial charge in [-0.1, -0.05) is 17.4 Å². The van der Waals surface area contributed by atoms with Crippen molar-refractivity contribution < 1.29 is 14.3 Å². The van der Waals surface area contributed by atoms with Gasteiger partial charge < -0.3 is 20.7 Å². The number of carbonyl (C=O) groups is 2. The molecule has 7 nitrogen and oxygen atoms in total. The SMILES string of the molecule is CN(C)C/C=C/C(=O)Nc1ccc2nc(OC(N)=O)sc2c1. The predicted octanol–water partition coefficient (Wildman–Crippen LogP) is 1.81. The Kier molecular flexibility index (Phi) is 5.08. The fourth-order valence-corrected chi connectivity index (χ4v) is 2.53. The van der Waals surface area contributed by atoms with E-state index < -0.39 is 6.09 Å². The van der Waals surface area contributed by atoms with Gasteiger partial charge in [-0.05, 0) is 32.3 Å². The number of nitrogens with one attached hydrogen (secondary N) is 1. The van der Waals surface area contributed by atoms with Gasteiger partial charge in [-0.15, -0.1) is 0 Å². The highest BCUT2D eigenvalue weighted by Gasteiger charge is 2.08. The largest absolute Gasteiger partial charge is 0.411 e. The van der Waals surface area contributed by atoms with Crippen molar-refractivity contribution in [2.45, 2.75) is 0 Å². The number of fused-ring (bicyclic) bond motifs is 1. The molecule has 116 valence electrons. The van der Waals surface area contributed by atoms with E-state index in [0.29, 0.717) is 17.7 Å². The molecule has 3 N–H and O–H groups in total. The molecule has 1 aromatic carbocycles. The summed E-state index contributed by atoms with van der Waals surface area (Å²) in [5.74, 6) is -0.209. The van der Waals surface area contributed by atoms with Crippen molar-refractivity contribution in [3.05, 3.63) is 30.4 Å². The highest BCUT2D eigenvalue weighted by Crippen LogP contribution is 2.29. The number of carbonyl (C=O) groups excluding carboxylic acids is 2. The van der Waals surface area contributed by atoms with Crippen LogP contribution in [-0.2, 0) is 4.79 Å². The van der Waals surface area contributed by atoms with Gasteiger partial charge in [0.05, 0.1) is 10.2 Å². The Hall–Kier alpha value is -2.45. The number of ether oxygens (including phenoxy) is 1. The van der Waals surface area contributed by atoms with Crippen molar-refractivity contribution in [3.8, 4) is 5.19 Å². The van der Waals surface area contributed by atoms with E-state index >= 15 is 0 Å². The van der Waals surface area contributed by atoms with Gasteiger partial charge in [0.1, 0.15) is 0 Å². The van der Waals surface area contributed by atoms with Crippen LogP contribution < -0.4 is 15.8 Å². The number of nitrogens with two attached hydrogens (primary N) is 1. The van der Waals surface area contributed by atoms with Crippen molar-refractivity contribution in [2.75, 3.05) is 26.0 Å². The number of likely N-dealkylation sites (N-methyl/N-ethyl adjacent to an activating group) is 1. The van der Waals surface area contributed by atoms with E-state index in [4.69, 9.17) is 10.5 Å². The summed E-state index contributed by atoms with van der Waals surface area (Å²) in [5, 5.41) is 2.94. The second-order valence-electron chi connectivity index (χ2n) is 4.74. The number of thiazole rings is 1. The Balaban J connectivity index is 2.07. The highest BCUT2D eigenvalue weighted by atomic mass is 32.1. The quantitative estimate of drug-likeness (QED) is 0.819. The summed E-state index contributed by atoms with van der Waals surface area (Å²) in [6, 6.07) is 5.23. The van der Waals surface area contributed by atoms with Crippen LogP contribution in [0.4, 0.5) is 10.5 Å². The molecule has 22 heavy (non-hydrogen) atoms. The third-order valence-electron chi connectivity index (χ3n) is 2.56. The highest BCUT2D eigenvalue weighted by molar-refractivity contribution is 7.20. The number of benzene rings is 1. The standard InChI is InChI=1S/C14H16N4O3S/c1-18(2)7-3-4-12(19)16-9-5-6-10-11(8-9)22-14(17-10)21-13(15)20/h3-6,8H,7H2,1-2H3,(H2,15,20)(H,16,19)/b4-3+. The lowest BCUT2D eigenvalue weighted by atomic mass is 10.3. The molecule has 1 aromatic heterocycles. The van der Waals surface area contributed by atoms with E-state index in [1.54, 1.807) is 24.3 Å². The van der Waals surface area contributed by atoms with Crippen LogP contribution in [0.15, 0.2) is 30.4 Å². The lowest BCUT2D eigenvalue weighted by Gasteiger charge is -2.04. The molecule has 0 radical (unpaired) electrons. The number of primary amides is 1. The zero-order valence-corrected chi connectivity index (χ0v) is 13.0. The first kappa shape index (κ1) is 15.9. The maximum atomic E-state index is 11.8. The molecule has 8 heteroatoms. The summed E-state index contributed by atoms with van der Waals surface area (Å²) < 4.78 is 5.52. The molecule has 0 bridgehead atoms. The normalized spacial score (nSPS) is 11.2. The summed E-state index contributed by atoms with van der Waals surface area (Å²) >= 11 is 1.18. The summed E-state index contributed by atoms with van der Waals surface area (Å²) in [5.41, 5.74) is 6.26. The smallest absolute Gasteiger partial charge is 0.381 e. The number of rotatable bonds is 5. The van der Waals surface area contributed by atoms with Crippen LogP contribution in [0.3, 0.4) is 0 Å². The maximum absolute atomic E-state index is 11.8. The molecular formula is C14H16N4O3S. The Morgan fingerprint density at radius 2 is 2.23 bits per heavy atom. The van der Waals surface area contributed by atoms with Gasteiger partial charge in [0.25, 0.3) is 5.19 Å². The van der Waals surface area contributed by atoms with Crippen molar-refractivity contribution in [1.82, 2.24) is 9.88 Å². The van der Waals surface area contributed by atoms with Crippen LogP contribution in [-0.4, -0.2) is 42.5 Å². The number of amides is 2. The van der Waals surface area contributed by atoms with E-state index in [2.05, 4.69) is 10.3 Å². The molecule has 0 fully saturated rings. The Morgan fingerprint density at radius 1 is 1.45 bits per heavy atom. The van der Waals surface area contributed by atoms with Gasteiger partial charge in [-0.2, -0.15) is 0 Å². The van der Waals surface area contributed by atoms with Crippen molar-refractivity contribution in [2.24, 2.45) is 5.73 Å². The zero-order valence-electron chi connectivity index (χ0n) is 12.2. The number of nitrogens with zero attached hydrogens (tertiary/aromatic N) is 2. The van der Waals surface area contributed by atoms with Gasteiger partial charge in [-0.25, -0.2) is 9.78 Å². The summed E-state index contributed by atoms with van der Waals surface area (Å²) in [4.78, 5) is 28.5. The average Bonchev–Trinajstić information content (AvgIpc) is 2.78. The third kappa shape index (κ3) is 4.54. The number of hydrogen-bond acceptors (Lipinski definition) is 6. The molecule has 2 rings (SSSR count). The lowest BCUT2D eigenvalue weighted by molar-refractivity contribution is -0.111. The monoisotopic (exact) mass is 320 g/mol. The first-order valence-electron chi connectivity index (χ1n) is 6.44. The Morgan fingerprint density at radius 3 is 2.91 bits per heavy atom. The molecule has 2 aromatic rings. The number of anilines is 1. The topological polar surface area (TPSA) is 97.6 Å². The minimum absolute atomic E-state index is 0.178. The van der Waals surface area contributed by atoms with E-state index in [9.17, 15) is 9.59 Å². The van der Waals surface area contributed by atoms with Crippen LogP contribution >= 0.6 is 11.3 Å². The van der Waals surface area contributed by atoms with E-state index in [-0.39, 0.29) is 11.1 Å². The molecule has 0 atom stereocenters. The van der Waals surface area contributed by atoms with Crippen molar-refractivity contribution in [1.29, 1.82) is 0 Å². The second kappa shape index (κ2) is 7.01. The van der Waals surface area contributed by atoms with Crippen LogP contribution in [0.1, 0.15) is 0 Å². The van der Waals surface area contributed by atoms with Crippen LogP contribution in [0, 0.1) is 0 Å². The molecule has 0 unspecified atom stereocenters. The third-order valence-corrected chi connectivity index (χ3v) is 3.46. The molecule has 0 spiro atoms. The van der Waals surface area contributed by atoms with Gasteiger partial charge in [-0.3, -0.25) is 4.79 Å². The molecule has 0 saturated carbocycles.